The summed E-state index contributed by atoms with van der Waals surface area (Å²) < 4.78 is 0. The molecule has 1 aliphatic carbocycles. The second kappa shape index (κ2) is 4.15. The zero-order valence-corrected chi connectivity index (χ0v) is 9.87. The van der Waals surface area contributed by atoms with Crippen LogP contribution < -0.4 is 5.32 Å². The van der Waals surface area contributed by atoms with Gasteiger partial charge in [-0.1, -0.05) is 0 Å². The summed E-state index contributed by atoms with van der Waals surface area (Å²) in [6.07, 6.45) is 4.18. The van der Waals surface area contributed by atoms with Crippen molar-refractivity contribution in [2.45, 2.75) is 18.8 Å². The summed E-state index contributed by atoms with van der Waals surface area (Å²) in [5.41, 5.74) is 2.48. The molecule has 0 radical (unpaired) electrons. The fourth-order valence-electron chi connectivity index (χ4n) is 1.57. The van der Waals surface area contributed by atoms with E-state index in [1.54, 1.807) is 23.6 Å². The monoisotopic (exact) mass is 242 g/mol. The lowest BCUT2D eigenvalue weighted by molar-refractivity contribution is 1.05. The molecule has 2 heterocycles. The maximum Gasteiger partial charge on any atom is 0.187 e. The molecule has 1 saturated carbocycles. The van der Waals surface area contributed by atoms with Crippen LogP contribution in [0, 0.1) is 11.3 Å². The largest absolute Gasteiger partial charge is 0.330 e. The Morgan fingerprint density at radius 2 is 2.29 bits per heavy atom. The van der Waals surface area contributed by atoms with Gasteiger partial charge < -0.3 is 5.32 Å². The fraction of sp³-hybridized carbons (Fsp3) is 0.250. The first kappa shape index (κ1) is 10.2. The van der Waals surface area contributed by atoms with Gasteiger partial charge in [-0.2, -0.15) is 5.26 Å². The second-order valence-corrected chi connectivity index (χ2v) is 4.88. The molecular formula is C12H10N4S. The van der Waals surface area contributed by atoms with Gasteiger partial charge in [0.05, 0.1) is 17.6 Å². The van der Waals surface area contributed by atoms with Gasteiger partial charge in [-0.15, -0.1) is 11.3 Å². The summed E-state index contributed by atoms with van der Waals surface area (Å²) in [6, 6.07) is 5.52. The van der Waals surface area contributed by atoms with Gasteiger partial charge in [-0.05, 0) is 25.0 Å². The third-order valence-corrected chi connectivity index (χ3v) is 3.42. The van der Waals surface area contributed by atoms with Crippen LogP contribution in [0.25, 0.3) is 0 Å². The van der Waals surface area contributed by atoms with Gasteiger partial charge in [0.2, 0.25) is 0 Å². The van der Waals surface area contributed by atoms with Crippen LogP contribution in [0.15, 0.2) is 23.7 Å². The third-order valence-electron chi connectivity index (χ3n) is 2.65. The Labute approximate surface area is 103 Å². The lowest BCUT2D eigenvalue weighted by Crippen LogP contribution is -1.92. The maximum absolute atomic E-state index is 8.65. The number of rotatable bonds is 3. The van der Waals surface area contributed by atoms with Crippen LogP contribution >= 0.6 is 11.3 Å². The molecule has 0 saturated heterocycles. The fourth-order valence-corrected chi connectivity index (χ4v) is 2.38. The SMILES string of the molecule is N#Cc1ccc(Nc2nc(C3CC3)cs2)cn1. The molecule has 0 aromatic carbocycles. The van der Waals surface area contributed by atoms with Crippen molar-refractivity contribution < 1.29 is 0 Å². The molecule has 17 heavy (non-hydrogen) atoms. The highest BCUT2D eigenvalue weighted by molar-refractivity contribution is 7.13. The van der Waals surface area contributed by atoms with Crippen molar-refractivity contribution in [2.24, 2.45) is 0 Å². The number of hydrogen-bond acceptors (Lipinski definition) is 5. The molecule has 3 rings (SSSR count). The van der Waals surface area contributed by atoms with E-state index >= 15 is 0 Å². The Morgan fingerprint density at radius 1 is 1.41 bits per heavy atom. The van der Waals surface area contributed by atoms with Gasteiger partial charge in [0, 0.05) is 11.3 Å². The molecule has 0 bridgehead atoms. The number of aromatic nitrogens is 2. The molecule has 5 heteroatoms. The van der Waals surface area contributed by atoms with Crippen molar-refractivity contribution in [3.63, 3.8) is 0 Å². The Morgan fingerprint density at radius 3 is 2.94 bits per heavy atom. The Bertz CT molecular complexity index is 563. The quantitative estimate of drug-likeness (QED) is 0.898. The molecule has 4 nitrogen and oxygen atoms in total. The van der Waals surface area contributed by atoms with Crippen molar-refractivity contribution >= 4 is 22.2 Å². The predicted molar refractivity (Wildman–Crippen MR) is 66.3 cm³/mol. The minimum absolute atomic E-state index is 0.424. The summed E-state index contributed by atoms with van der Waals surface area (Å²) in [5.74, 6) is 0.681. The van der Waals surface area contributed by atoms with Gasteiger partial charge in [-0.3, -0.25) is 0 Å². The number of nitriles is 1. The van der Waals surface area contributed by atoms with Crippen LogP contribution in [0.5, 0.6) is 0 Å². The van der Waals surface area contributed by atoms with Crippen molar-refractivity contribution in [1.82, 2.24) is 9.97 Å². The normalized spacial score (nSPS) is 14.3. The van der Waals surface area contributed by atoms with Crippen LogP contribution in [0.1, 0.15) is 30.1 Å². The van der Waals surface area contributed by atoms with Gasteiger partial charge >= 0.3 is 0 Å². The van der Waals surface area contributed by atoms with Crippen LogP contribution in [0.2, 0.25) is 0 Å². The molecule has 0 spiro atoms. The summed E-state index contributed by atoms with van der Waals surface area (Å²) in [4.78, 5) is 8.53. The predicted octanol–water partition coefficient (Wildman–Crippen LogP) is 3.03. The molecule has 1 aliphatic rings. The molecule has 0 aliphatic heterocycles. The zero-order chi connectivity index (χ0) is 11.7. The molecule has 0 atom stereocenters. The van der Waals surface area contributed by atoms with Crippen molar-refractivity contribution in [3.05, 3.63) is 35.1 Å². The molecule has 2 aromatic heterocycles. The van der Waals surface area contributed by atoms with Crippen LogP contribution in [-0.4, -0.2) is 9.97 Å². The minimum atomic E-state index is 0.424. The van der Waals surface area contributed by atoms with E-state index in [1.807, 2.05) is 12.1 Å². The average molecular weight is 242 g/mol. The topological polar surface area (TPSA) is 61.6 Å². The van der Waals surface area contributed by atoms with Gasteiger partial charge in [0.1, 0.15) is 11.8 Å². The zero-order valence-electron chi connectivity index (χ0n) is 9.05. The van der Waals surface area contributed by atoms with Crippen LogP contribution in [0.3, 0.4) is 0 Å². The molecular weight excluding hydrogens is 232 g/mol. The van der Waals surface area contributed by atoms with E-state index in [1.165, 1.54) is 18.5 Å². The smallest absolute Gasteiger partial charge is 0.187 e. The summed E-state index contributed by atoms with van der Waals surface area (Å²) in [7, 11) is 0. The number of anilines is 2. The Kier molecular flexibility index (Phi) is 2.50. The average Bonchev–Trinajstić information content (AvgIpc) is 3.12. The first-order chi connectivity index (χ1) is 8.35. The number of nitrogens with zero attached hydrogens (tertiary/aromatic N) is 3. The Balaban J connectivity index is 1.74. The van der Waals surface area contributed by atoms with E-state index in [9.17, 15) is 0 Å². The Hall–Kier alpha value is -1.93. The van der Waals surface area contributed by atoms with E-state index in [0.717, 1.165) is 10.8 Å². The number of thiazole rings is 1. The standard InChI is InChI=1S/C12H10N4S/c13-5-9-3-4-10(6-14-9)15-12-16-11(7-17-12)8-1-2-8/h3-4,6-8H,1-2H2,(H,15,16). The molecule has 0 amide bonds. The summed E-state index contributed by atoms with van der Waals surface area (Å²) >= 11 is 1.61. The van der Waals surface area contributed by atoms with E-state index in [0.29, 0.717) is 11.6 Å². The van der Waals surface area contributed by atoms with E-state index < -0.39 is 0 Å². The van der Waals surface area contributed by atoms with E-state index in [-0.39, 0.29) is 0 Å². The number of nitrogens with one attached hydrogen (secondary N) is 1. The summed E-state index contributed by atoms with van der Waals surface area (Å²) in [6.45, 7) is 0. The maximum atomic E-state index is 8.65. The third kappa shape index (κ3) is 2.27. The molecule has 2 aromatic rings. The van der Waals surface area contributed by atoms with Gasteiger partial charge in [0.25, 0.3) is 0 Å². The second-order valence-electron chi connectivity index (χ2n) is 4.02. The van der Waals surface area contributed by atoms with E-state index in [4.69, 9.17) is 5.26 Å². The first-order valence-corrected chi connectivity index (χ1v) is 6.32. The van der Waals surface area contributed by atoms with Crippen molar-refractivity contribution in [1.29, 1.82) is 5.26 Å². The first-order valence-electron chi connectivity index (χ1n) is 5.44. The molecule has 1 N–H and O–H groups in total. The molecule has 0 unspecified atom stereocenters. The summed E-state index contributed by atoms with van der Waals surface area (Å²) in [5, 5.41) is 14.8. The number of pyridine rings is 1. The molecule has 84 valence electrons. The van der Waals surface area contributed by atoms with Crippen molar-refractivity contribution in [3.8, 4) is 6.07 Å². The van der Waals surface area contributed by atoms with Crippen LogP contribution in [-0.2, 0) is 0 Å². The highest BCUT2D eigenvalue weighted by atomic mass is 32.1. The van der Waals surface area contributed by atoms with Crippen molar-refractivity contribution in [2.75, 3.05) is 5.32 Å². The number of hydrogen-bond donors (Lipinski definition) is 1. The van der Waals surface area contributed by atoms with Gasteiger partial charge in [-0.25, -0.2) is 9.97 Å². The lowest BCUT2D eigenvalue weighted by atomic mass is 10.3. The molecule has 1 fully saturated rings. The lowest BCUT2D eigenvalue weighted by Gasteiger charge is -2.00. The van der Waals surface area contributed by atoms with E-state index in [2.05, 4.69) is 20.7 Å². The van der Waals surface area contributed by atoms with Gasteiger partial charge in [0.15, 0.2) is 5.13 Å². The highest BCUT2D eigenvalue weighted by Crippen LogP contribution is 2.41. The minimum Gasteiger partial charge on any atom is -0.330 e. The van der Waals surface area contributed by atoms with Crippen LogP contribution in [0.4, 0.5) is 10.8 Å². The highest BCUT2D eigenvalue weighted by Gasteiger charge is 2.25.